The summed E-state index contributed by atoms with van der Waals surface area (Å²) in [5, 5.41) is 10.6. The van der Waals surface area contributed by atoms with Crippen molar-refractivity contribution < 1.29 is 0 Å². The number of hydrogen-bond donors (Lipinski definition) is 2. The molecule has 2 aromatic rings. The zero-order valence-electron chi connectivity index (χ0n) is 11.0. The number of nitrogens with zero attached hydrogens (tertiary/aromatic N) is 2. The average Bonchev–Trinajstić information content (AvgIpc) is 3.18. The van der Waals surface area contributed by atoms with Crippen molar-refractivity contribution in [2.45, 2.75) is 35.5 Å². The molecule has 106 valence electrons. The van der Waals surface area contributed by atoms with E-state index in [-0.39, 0.29) is 5.69 Å². The summed E-state index contributed by atoms with van der Waals surface area (Å²) in [6, 6.07) is 6.49. The topological polar surface area (TPSA) is 62.7 Å². The normalized spacial score (nSPS) is 14.7. The molecule has 1 aliphatic carbocycles. The summed E-state index contributed by atoms with van der Waals surface area (Å²) in [5.41, 5.74) is 1.08. The molecule has 7 heteroatoms. The Labute approximate surface area is 129 Å². The van der Waals surface area contributed by atoms with Gasteiger partial charge in [0.2, 0.25) is 0 Å². The van der Waals surface area contributed by atoms with Gasteiger partial charge in [0.25, 0.3) is 0 Å². The molecular formula is C13H15BrN4OS. The van der Waals surface area contributed by atoms with Crippen LogP contribution in [0.3, 0.4) is 0 Å². The van der Waals surface area contributed by atoms with Crippen LogP contribution in [0.5, 0.6) is 0 Å². The third kappa shape index (κ3) is 2.84. The monoisotopic (exact) mass is 354 g/mol. The van der Waals surface area contributed by atoms with Gasteiger partial charge < -0.3 is 5.32 Å². The van der Waals surface area contributed by atoms with E-state index in [1.165, 1.54) is 17.3 Å². The Morgan fingerprint density at radius 1 is 1.55 bits per heavy atom. The van der Waals surface area contributed by atoms with Crippen molar-refractivity contribution in [3.05, 3.63) is 38.7 Å². The number of benzene rings is 1. The molecule has 1 fully saturated rings. The molecule has 0 amide bonds. The summed E-state index contributed by atoms with van der Waals surface area (Å²) in [6.45, 7) is 0.785. The van der Waals surface area contributed by atoms with E-state index in [0.29, 0.717) is 6.04 Å². The Morgan fingerprint density at radius 3 is 3.05 bits per heavy atom. The van der Waals surface area contributed by atoms with E-state index in [4.69, 9.17) is 0 Å². The van der Waals surface area contributed by atoms with Gasteiger partial charge in [-0.15, -0.1) is 5.10 Å². The van der Waals surface area contributed by atoms with Crippen LogP contribution in [0, 0.1) is 0 Å². The van der Waals surface area contributed by atoms with Crippen molar-refractivity contribution in [2.24, 2.45) is 0 Å². The van der Waals surface area contributed by atoms with Crippen LogP contribution < -0.4 is 11.0 Å². The second kappa shape index (κ2) is 5.75. The number of halogens is 1. The summed E-state index contributed by atoms with van der Waals surface area (Å²) in [4.78, 5) is 12.9. The highest BCUT2D eigenvalue weighted by atomic mass is 79.9. The van der Waals surface area contributed by atoms with Gasteiger partial charge in [0.1, 0.15) is 0 Å². The van der Waals surface area contributed by atoms with Crippen molar-refractivity contribution >= 4 is 27.7 Å². The number of rotatable bonds is 5. The van der Waals surface area contributed by atoms with E-state index in [0.717, 1.165) is 33.9 Å². The second-order valence-corrected chi connectivity index (χ2v) is 6.72. The highest BCUT2D eigenvalue weighted by Gasteiger charge is 2.28. The van der Waals surface area contributed by atoms with Crippen molar-refractivity contribution in [3.8, 4) is 0 Å². The largest absolute Gasteiger partial charge is 0.344 e. The third-order valence-electron chi connectivity index (χ3n) is 3.18. The zero-order chi connectivity index (χ0) is 14.1. The Balaban J connectivity index is 1.94. The fourth-order valence-electron chi connectivity index (χ4n) is 2.08. The van der Waals surface area contributed by atoms with E-state index in [1.54, 1.807) is 4.57 Å². The lowest BCUT2D eigenvalue weighted by atomic mass is 10.2. The van der Waals surface area contributed by atoms with E-state index in [2.05, 4.69) is 43.6 Å². The van der Waals surface area contributed by atoms with Gasteiger partial charge in [0, 0.05) is 22.0 Å². The first-order valence-electron chi connectivity index (χ1n) is 6.47. The molecule has 1 aromatic carbocycles. The maximum absolute atomic E-state index is 11.8. The fraction of sp³-hybridized carbons (Fsp3) is 0.385. The number of aromatic nitrogens is 3. The Bertz CT molecular complexity index is 677. The van der Waals surface area contributed by atoms with Gasteiger partial charge in [-0.1, -0.05) is 22.0 Å². The first-order chi connectivity index (χ1) is 9.69. The average molecular weight is 355 g/mol. The van der Waals surface area contributed by atoms with Crippen molar-refractivity contribution in [1.82, 2.24) is 20.1 Å². The lowest BCUT2D eigenvalue weighted by Gasteiger charge is -2.09. The molecule has 1 aliphatic rings. The summed E-state index contributed by atoms with van der Waals surface area (Å²) < 4.78 is 2.80. The van der Waals surface area contributed by atoms with Gasteiger partial charge in [-0.25, -0.2) is 9.89 Å². The van der Waals surface area contributed by atoms with E-state index >= 15 is 0 Å². The molecule has 1 heterocycles. The summed E-state index contributed by atoms with van der Waals surface area (Å²) in [7, 11) is 1.92. The smallest absolute Gasteiger partial charge is 0.316 e. The molecule has 5 nitrogen and oxygen atoms in total. The zero-order valence-corrected chi connectivity index (χ0v) is 13.4. The Morgan fingerprint density at radius 2 is 2.35 bits per heavy atom. The van der Waals surface area contributed by atoms with Crippen molar-refractivity contribution in [2.75, 3.05) is 7.05 Å². The number of nitrogens with one attached hydrogen (secondary N) is 2. The highest BCUT2D eigenvalue weighted by molar-refractivity contribution is 9.10. The van der Waals surface area contributed by atoms with Crippen LogP contribution in [0.4, 0.5) is 0 Å². The summed E-state index contributed by atoms with van der Waals surface area (Å²) in [6.07, 6.45) is 2.13. The first-order valence-corrected chi connectivity index (χ1v) is 8.08. The van der Waals surface area contributed by atoms with E-state index < -0.39 is 0 Å². The van der Waals surface area contributed by atoms with Crippen molar-refractivity contribution in [1.29, 1.82) is 0 Å². The standard InChI is InChI=1S/C13H15BrN4OS/c1-15-7-8-2-3-9(14)6-11(8)20-13-17-16-12(19)18(13)10-4-5-10/h2-3,6,10,15H,4-5,7H2,1H3,(H,16,19). The fourth-order valence-corrected chi connectivity index (χ4v) is 3.66. The summed E-state index contributed by atoms with van der Waals surface area (Å²) in [5.74, 6) is 0. The lowest BCUT2D eigenvalue weighted by molar-refractivity contribution is 0.642. The lowest BCUT2D eigenvalue weighted by Crippen LogP contribution is -2.16. The molecule has 0 atom stereocenters. The van der Waals surface area contributed by atoms with Crippen LogP contribution in [0.2, 0.25) is 0 Å². The molecular weight excluding hydrogens is 340 g/mol. The molecule has 0 spiro atoms. The molecule has 1 aromatic heterocycles. The third-order valence-corrected chi connectivity index (χ3v) is 4.75. The van der Waals surface area contributed by atoms with E-state index in [9.17, 15) is 4.79 Å². The summed E-state index contributed by atoms with van der Waals surface area (Å²) >= 11 is 5.03. The predicted molar refractivity (Wildman–Crippen MR) is 82.1 cm³/mol. The van der Waals surface area contributed by atoms with Crippen LogP contribution in [0.25, 0.3) is 0 Å². The second-order valence-electron chi connectivity index (χ2n) is 4.80. The van der Waals surface area contributed by atoms with Gasteiger partial charge in [-0.2, -0.15) is 0 Å². The van der Waals surface area contributed by atoms with Gasteiger partial charge >= 0.3 is 5.69 Å². The maximum Gasteiger partial charge on any atom is 0.344 e. The molecule has 3 rings (SSSR count). The molecule has 1 saturated carbocycles. The first kappa shape index (κ1) is 13.9. The predicted octanol–water partition coefficient (Wildman–Crippen LogP) is 2.54. The van der Waals surface area contributed by atoms with Gasteiger partial charge in [0.15, 0.2) is 5.16 Å². The number of H-pyrrole nitrogens is 1. The molecule has 0 bridgehead atoms. The highest BCUT2D eigenvalue weighted by Crippen LogP contribution is 2.38. The van der Waals surface area contributed by atoms with Crippen LogP contribution in [-0.2, 0) is 6.54 Å². The van der Waals surface area contributed by atoms with Crippen LogP contribution in [0.1, 0.15) is 24.4 Å². The minimum Gasteiger partial charge on any atom is -0.316 e. The SMILES string of the molecule is CNCc1ccc(Br)cc1Sc1n[nH]c(=O)n1C1CC1. The van der Waals surface area contributed by atoms with Gasteiger partial charge in [0.05, 0.1) is 0 Å². The minimum atomic E-state index is -0.111. The van der Waals surface area contributed by atoms with Crippen molar-refractivity contribution in [3.63, 3.8) is 0 Å². The molecule has 0 saturated heterocycles. The van der Waals surface area contributed by atoms with Gasteiger partial charge in [-0.3, -0.25) is 4.57 Å². The minimum absolute atomic E-state index is 0.111. The van der Waals surface area contributed by atoms with Crippen LogP contribution in [-0.4, -0.2) is 21.8 Å². The van der Waals surface area contributed by atoms with Crippen LogP contribution >= 0.6 is 27.7 Å². The van der Waals surface area contributed by atoms with Gasteiger partial charge in [-0.05, 0) is 49.3 Å². The molecule has 0 radical (unpaired) electrons. The molecule has 2 N–H and O–H groups in total. The molecule has 0 unspecified atom stereocenters. The molecule has 20 heavy (non-hydrogen) atoms. The molecule has 0 aliphatic heterocycles. The maximum atomic E-state index is 11.8. The Kier molecular flexibility index (Phi) is 4.00. The van der Waals surface area contributed by atoms with E-state index in [1.807, 2.05) is 13.1 Å². The quantitative estimate of drug-likeness (QED) is 0.865. The number of aromatic amines is 1. The number of hydrogen-bond acceptors (Lipinski definition) is 4. The van der Waals surface area contributed by atoms with Crippen LogP contribution in [0.15, 0.2) is 37.5 Å². The Hall–Kier alpha value is -1.05.